The Balaban J connectivity index is 1.45. The number of fused-ring (bicyclic) bond motifs is 1. The second-order valence-electron chi connectivity index (χ2n) is 7.84. The van der Waals surface area contributed by atoms with Gasteiger partial charge >= 0.3 is 0 Å². The number of nitrogens with one attached hydrogen (secondary N) is 2. The van der Waals surface area contributed by atoms with Gasteiger partial charge in [0, 0.05) is 32.6 Å². The molecule has 0 bridgehead atoms. The zero-order valence-electron chi connectivity index (χ0n) is 18.9. The fourth-order valence-electron chi connectivity index (χ4n) is 3.51. The number of amides is 1. The smallest absolute Gasteiger partial charge is 0.251 e. The summed E-state index contributed by atoms with van der Waals surface area (Å²) in [7, 11) is 0. The molecule has 0 aliphatic carbocycles. The van der Waals surface area contributed by atoms with Crippen LogP contribution in [-0.2, 0) is 6.54 Å². The molecule has 9 heteroatoms. The maximum absolute atomic E-state index is 13.0. The van der Waals surface area contributed by atoms with Gasteiger partial charge in [0.05, 0.1) is 11.1 Å². The Morgan fingerprint density at radius 1 is 0.944 bits per heavy atom. The van der Waals surface area contributed by atoms with Gasteiger partial charge in [0.15, 0.2) is 5.65 Å². The highest BCUT2D eigenvalue weighted by Gasteiger charge is 2.14. The van der Waals surface area contributed by atoms with Gasteiger partial charge in [-0.2, -0.15) is 0 Å². The van der Waals surface area contributed by atoms with Crippen molar-refractivity contribution < 1.29 is 9.90 Å². The van der Waals surface area contributed by atoms with Crippen LogP contribution in [0.1, 0.15) is 15.9 Å². The molecule has 3 aromatic carbocycles. The zero-order chi connectivity index (χ0) is 24.9. The van der Waals surface area contributed by atoms with Gasteiger partial charge in [-0.15, -0.1) is 0 Å². The number of carbonyl (C=O) groups excluding carboxylic acids is 1. The van der Waals surface area contributed by atoms with Gasteiger partial charge in [-0.1, -0.05) is 39.8 Å². The van der Waals surface area contributed by atoms with E-state index in [0.29, 0.717) is 29.3 Å². The molecule has 1 amide bonds. The van der Waals surface area contributed by atoms with Crippen molar-refractivity contribution in [3.63, 3.8) is 0 Å². The van der Waals surface area contributed by atoms with E-state index in [1.54, 1.807) is 24.4 Å². The molecule has 36 heavy (non-hydrogen) atoms. The third kappa shape index (κ3) is 5.64. The summed E-state index contributed by atoms with van der Waals surface area (Å²) in [5.74, 6) is 0.611. The van der Waals surface area contributed by atoms with E-state index in [9.17, 15) is 9.90 Å². The summed E-state index contributed by atoms with van der Waals surface area (Å²) >= 11 is 4.94. The number of phenols is 1. The van der Waals surface area contributed by atoms with Crippen molar-refractivity contribution in [1.82, 2.24) is 20.3 Å². The van der Waals surface area contributed by atoms with E-state index in [2.05, 4.69) is 41.5 Å². The predicted octanol–water partition coefficient (Wildman–Crippen LogP) is 6.32. The van der Waals surface area contributed by atoms with Crippen LogP contribution < -0.4 is 10.6 Å². The van der Waals surface area contributed by atoms with Crippen LogP contribution in [-0.4, -0.2) is 26.0 Å². The highest BCUT2D eigenvalue weighted by atomic mass is 79.9. The van der Waals surface area contributed by atoms with Crippen molar-refractivity contribution in [2.45, 2.75) is 16.3 Å². The molecular formula is C27H20BrN5O2S. The molecule has 0 unspecified atom stereocenters. The average Bonchev–Trinajstić information content (AvgIpc) is 2.90. The number of pyridine rings is 1. The van der Waals surface area contributed by atoms with Crippen LogP contribution >= 0.6 is 27.7 Å². The second kappa shape index (κ2) is 10.8. The lowest BCUT2D eigenvalue weighted by atomic mass is 10.1. The van der Waals surface area contributed by atoms with E-state index < -0.39 is 0 Å². The molecule has 2 heterocycles. The summed E-state index contributed by atoms with van der Waals surface area (Å²) in [6.07, 6.45) is 3.14. The molecule has 0 saturated carbocycles. The molecule has 0 spiro atoms. The van der Waals surface area contributed by atoms with Crippen LogP contribution in [0.3, 0.4) is 0 Å². The molecule has 0 aliphatic heterocycles. The van der Waals surface area contributed by atoms with Crippen molar-refractivity contribution in [3.05, 3.63) is 107 Å². The average molecular weight is 558 g/mol. The maximum atomic E-state index is 13.0. The van der Waals surface area contributed by atoms with Crippen molar-refractivity contribution in [2.75, 3.05) is 5.32 Å². The quantitative estimate of drug-likeness (QED) is 0.215. The number of aromatic hydroxyl groups is 1. The summed E-state index contributed by atoms with van der Waals surface area (Å²) in [6, 6.07) is 24.0. The van der Waals surface area contributed by atoms with Crippen molar-refractivity contribution in [3.8, 4) is 5.75 Å². The van der Waals surface area contributed by atoms with Crippen molar-refractivity contribution in [1.29, 1.82) is 0 Å². The SMILES string of the molecule is O=C(NCc1ccc(Br)cc1)c1ccc(Sc2ccc(O)cc2)c(Nc2ncnc3ncccc23)c1. The third-order valence-electron chi connectivity index (χ3n) is 5.33. The van der Waals surface area contributed by atoms with Crippen LogP contribution in [0.15, 0.2) is 106 Å². The fraction of sp³-hybridized carbons (Fsp3) is 0.0370. The molecular weight excluding hydrogens is 538 g/mol. The minimum absolute atomic E-state index is 0.184. The Bertz CT molecular complexity index is 1520. The third-order valence-corrected chi connectivity index (χ3v) is 6.95. The van der Waals surface area contributed by atoms with Crippen LogP contribution in [0.4, 0.5) is 11.5 Å². The molecule has 0 radical (unpaired) electrons. The van der Waals surface area contributed by atoms with E-state index in [1.165, 1.54) is 18.1 Å². The highest BCUT2D eigenvalue weighted by Crippen LogP contribution is 2.36. The molecule has 0 atom stereocenters. The van der Waals surface area contributed by atoms with Crippen LogP contribution in [0, 0.1) is 0 Å². The van der Waals surface area contributed by atoms with Gasteiger partial charge in [0.25, 0.3) is 5.91 Å². The fourth-order valence-corrected chi connectivity index (χ4v) is 4.65. The summed E-state index contributed by atoms with van der Waals surface area (Å²) in [5, 5.41) is 16.8. The summed E-state index contributed by atoms with van der Waals surface area (Å²) in [4.78, 5) is 27.8. The minimum atomic E-state index is -0.184. The van der Waals surface area contributed by atoms with Gasteiger partial charge in [0.1, 0.15) is 17.9 Å². The molecule has 5 aromatic rings. The lowest BCUT2D eigenvalue weighted by Crippen LogP contribution is -2.22. The predicted molar refractivity (Wildman–Crippen MR) is 145 cm³/mol. The van der Waals surface area contributed by atoms with Crippen LogP contribution in [0.25, 0.3) is 11.0 Å². The Hall–Kier alpha value is -3.95. The van der Waals surface area contributed by atoms with Gasteiger partial charge in [-0.25, -0.2) is 15.0 Å². The molecule has 0 saturated heterocycles. The minimum Gasteiger partial charge on any atom is -0.508 e. The number of phenolic OH excluding ortho intramolecular Hbond substituents is 1. The molecule has 5 rings (SSSR count). The number of benzene rings is 3. The number of halogens is 1. The van der Waals surface area contributed by atoms with Crippen molar-refractivity contribution in [2.24, 2.45) is 0 Å². The largest absolute Gasteiger partial charge is 0.508 e. The Morgan fingerprint density at radius 3 is 2.56 bits per heavy atom. The zero-order valence-corrected chi connectivity index (χ0v) is 21.3. The first-order chi connectivity index (χ1) is 17.5. The standard InChI is InChI=1S/C27H20BrN5O2S/c28-19-6-3-17(4-7-19)15-30-27(35)18-5-12-24(36-21-10-8-20(34)9-11-21)23(14-18)33-26-22-2-1-13-29-25(22)31-16-32-26/h1-14,16,34H,15H2,(H,30,35)(H,29,31,32,33). The number of hydrogen-bond acceptors (Lipinski definition) is 7. The number of anilines is 2. The normalized spacial score (nSPS) is 10.8. The Kier molecular flexibility index (Phi) is 7.11. The maximum Gasteiger partial charge on any atom is 0.251 e. The van der Waals surface area contributed by atoms with Crippen LogP contribution in [0.5, 0.6) is 5.75 Å². The van der Waals surface area contributed by atoms with E-state index >= 15 is 0 Å². The van der Waals surface area contributed by atoms with Crippen molar-refractivity contribution >= 4 is 56.1 Å². The molecule has 178 valence electrons. The first-order valence-electron chi connectivity index (χ1n) is 11.0. The van der Waals surface area contributed by atoms with Gasteiger partial charge in [-0.3, -0.25) is 4.79 Å². The molecule has 0 aliphatic rings. The first kappa shape index (κ1) is 23.8. The Labute approximate surface area is 220 Å². The van der Waals surface area contributed by atoms with Gasteiger partial charge in [-0.05, 0) is 72.3 Å². The van der Waals surface area contributed by atoms with E-state index in [0.717, 1.165) is 25.2 Å². The van der Waals surface area contributed by atoms with E-state index in [1.807, 2.05) is 60.7 Å². The topological polar surface area (TPSA) is 100 Å². The second-order valence-corrected chi connectivity index (χ2v) is 9.87. The highest BCUT2D eigenvalue weighted by molar-refractivity contribution is 9.10. The van der Waals surface area contributed by atoms with Gasteiger partial charge < -0.3 is 15.7 Å². The monoisotopic (exact) mass is 557 g/mol. The number of aromatic nitrogens is 3. The molecule has 7 nitrogen and oxygen atoms in total. The van der Waals surface area contributed by atoms with E-state index in [-0.39, 0.29) is 11.7 Å². The number of hydrogen-bond donors (Lipinski definition) is 3. The van der Waals surface area contributed by atoms with Gasteiger partial charge in [0.2, 0.25) is 0 Å². The Morgan fingerprint density at radius 2 is 1.75 bits per heavy atom. The number of rotatable bonds is 7. The number of nitrogens with zero attached hydrogens (tertiary/aromatic N) is 3. The first-order valence-corrected chi connectivity index (χ1v) is 12.6. The molecule has 0 fully saturated rings. The van der Waals surface area contributed by atoms with E-state index in [4.69, 9.17) is 0 Å². The summed E-state index contributed by atoms with van der Waals surface area (Å²) < 4.78 is 0.988. The molecule has 2 aromatic heterocycles. The summed E-state index contributed by atoms with van der Waals surface area (Å²) in [6.45, 7) is 0.418. The molecule has 3 N–H and O–H groups in total. The lowest BCUT2D eigenvalue weighted by molar-refractivity contribution is 0.0951. The van der Waals surface area contributed by atoms with Crippen LogP contribution in [0.2, 0.25) is 0 Å². The lowest BCUT2D eigenvalue weighted by Gasteiger charge is -2.14. The number of carbonyl (C=O) groups is 1. The summed E-state index contributed by atoms with van der Waals surface area (Å²) in [5.41, 5.74) is 2.81.